The molecule has 5 nitrogen and oxygen atoms in total. The van der Waals surface area contributed by atoms with Crippen LogP contribution in [0.3, 0.4) is 0 Å². The van der Waals surface area contributed by atoms with Gasteiger partial charge >= 0.3 is 5.97 Å². The second-order valence-electron chi connectivity index (χ2n) is 6.79. The lowest BCUT2D eigenvalue weighted by Gasteiger charge is -2.37. The molecule has 5 heteroatoms. The molecule has 1 aromatic carbocycles. The molecule has 1 unspecified atom stereocenters. The fourth-order valence-corrected chi connectivity index (χ4v) is 3.10. The highest BCUT2D eigenvalue weighted by atomic mass is 16.5. The molecule has 1 fully saturated rings. The number of carbonyl (C=O) groups is 2. The quantitative estimate of drug-likeness (QED) is 0.782. The summed E-state index contributed by atoms with van der Waals surface area (Å²) < 4.78 is 5.20. The Morgan fingerprint density at radius 2 is 1.79 bits per heavy atom. The number of hydrogen-bond donors (Lipinski definition) is 2. The van der Waals surface area contributed by atoms with Crippen LogP contribution in [-0.4, -0.2) is 37.6 Å². The first kappa shape index (κ1) is 18.5. The van der Waals surface area contributed by atoms with Gasteiger partial charge in [0.05, 0.1) is 17.4 Å². The Kier molecular flexibility index (Phi) is 6.37. The molecule has 24 heavy (non-hydrogen) atoms. The second-order valence-corrected chi connectivity index (χ2v) is 6.79. The molecule has 1 amide bonds. The maximum atomic E-state index is 13.0. The van der Waals surface area contributed by atoms with E-state index in [1.54, 1.807) is 6.92 Å². The largest absolute Gasteiger partial charge is 0.463 e. The lowest BCUT2D eigenvalue weighted by atomic mass is 9.72. The molecule has 0 saturated carbocycles. The van der Waals surface area contributed by atoms with Gasteiger partial charge in [-0.1, -0.05) is 37.3 Å². The van der Waals surface area contributed by atoms with E-state index in [2.05, 4.69) is 10.6 Å². The molecule has 0 radical (unpaired) electrons. The first-order valence-corrected chi connectivity index (χ1v) is 8.71. The molecule has 1 saturated heterocycles. The number of nitrogens with one attached hydrogen (secondary N) is 2. The predicted molar refractivity (Wildman–Crippen MR) is 93.6 cm³/mol. The fraction of sp³-hybridized carbons (Fsp3) is 0.579. The van der Waals surface area contributed by atoms with Crippen LogP contribution in [0.5, 0.6) is 0 Å². The molecule has 0 aliphatic carbocycles. The number of rotatable bonds is 6. The Morgan fingerprint density at radius 3 is 2.38 bits per heavy atom. The maximum absolute atomic E-state index is 13.0. The third kappa shape index (κ3) is 4.35. The number of piperidine rings is 1. The Labute approximate surface area is 144 Å². The van der Waals surface area contributed by atoms with E-state index in [-0.39, 0.29) is 23.9 Å². The lowest BCUT2D eigenvalue weighted by molar-refractivity contribution is -0.151. The topological polar surface area (TPSA) is 67.4 Å². The van der Waals surface area contributed by atoms with Gasteiger partial charge in [0.1, 0.15) is 0 Å². The zero-order valence-corrected chi connectivity index (χ0v) is 14.8. The van der Waals surface area contributed by atoms with Crippen molar-refractivity contribution in [2.24, 2.45) is 5.92 Å². The summed E-state index contributed by atoms with van der Waals surface area (Å²) in [5.74, 6) is -0.630. The van der Waals surface area contributed by atoms with Crippen LogP contribution in [0, 0.1) is 5.92 Å². The highest BCUT2D eigenvalue weighted by Gasteiger charge is 2.41. The van der Waals surface area contributed by atoms with E-state index in [4.69, 9.17) is 4.74 Å². The predicted octanol–water partition coefficient (Wildman–Crippen LogP) is 2.01. The van der Waals surface area contributed by atoms with Crippen LogP contribution in [0.4, 0.5) is 0 Å². The van der Waals surface area contributed by atoms with E-state index >= 15 is 0 Å². The van der Waals surface area contributed by atoms with Crippen LogP contribution in [0.15, 0.2) is 30.3 Å². The summed E-state index contributed by atoms with van der Waals surface area (Å²) >= 11 is 0. The SMILES string of the molecule is CC(C)OC(=O)C(C)CNC(=O)C1(c2ccccc2)CCNCC1. The molecule has 1 aromatic rings. The number of ether oxygens (including phenoxy) is 1. The summed E-state index contributed by atoms with van der Waals surface area (Å²) in [6, 6.07) is 9.92. The van der Waals surface area contributed by atoms with E-state index in [0.29, 0.717) is 6.54 Å². The zero-order chi connectivity index (χ0) is 17.6. The van der Waals surface area contributed by atoms with Crippen molar-refractivity contribution in [1.29, 1.82) is 0 Å². The van der Waals surface area contributed by atoms with E-state index in [1.165, 1.54) is 0 Å². The van der Waals surface area contributed by atoms with E-state index < -0.39 is 5.41 Å². The second kappa shape index (κ2) is 8.29. The Hall–Kier alpha value is -1.88. The van der Waals surface area contributed by atoms with Crippen molar-refractivity contribution >= 4 is 11.9 Å². The third-order valence-corrected chi connectivity index (χ3v) is 4.54. The van der Waals surface area contributed by atoms with Gasteiger partial charge in [0.25, 0.3) is 0 Å². The molecule has 0 spiro atoms. The molecular formula is C19H28N2O3. The minimum atomic E-state index is -0.520. The van der Waals surface area contributed by atoms with Gasteiger partial charge in [-0.25, -0.2) is 0 Å². The van der Waals surface area contributed by atoms with Crippen LogP contribution in [0.25, 0.3) is 0 Å². The van der Waals surface area contributed by atoms with Crippen LogP contribution in [-0.2, 0) is 19.7 Å². The highest BCUT2D eigenvalue weighted by molar-refractivity contribution is 5.88. The number of esters is 1. The molecule has 2 N–H and O–H groups in total. The summed E-state index contributed by atoms with van der Waals surface area (Å²) in [5.41, 5.74) is 0.523. The van der Waals surface area contributed by atoms with Gasteiger partial charge in [0, 0.05) is 6.54 Å². The van der Waals surface area contributed by atoms with Gasteiger partial charge in [-0.2, -0.15) is 0 Å². The average molecular weight is 332 g/mol. The smallest absolute Gasteiger partial charge is 0.310 e. The monoisotopic (exact) mass is 332 g/mol. The van der Waals surface area contributed by atoms with Gasteiger partial charge < -0.3 is 15.4 Å². The van der Waals surface area contributed by atoms with Gasteiger partial charge in [-0.05, 0) is 45.3 Å². The van der Waals surface area contributed by atoms with E-state index in [0.717, 1.165) is 31.5 Å². The summed E-state index contributed by atoms with van der Waals surface area (Å²) in [4.78, 5) is 24.9. The number of carbonyl (C=O) groups excluding carboxylic acids is 2. The van der Waals surface area contributed by atoms with Gasteiger partial charge in [0.2, 0.25) is 5.91 Å². The lowest BCUT2D eigenvalue weighted by Crippen LogP contribution is -2.51. The minimum absolute atomic E-state index is 0.000558. The molecule has 132 valence electrons. The molecule has 0 aromatic heterocycles. The molecule has 2 rings (SSSR count). The van der Waals surface area contributed by atoms with Crippen molar-refractivity contribution in [1.82, 2.24) is 10.6 Å². The molecule has 1 atom stereocenters. The third-order valence-electron chi connectivity index (χ3n) is 4.54. The summed E-state index contributed by atoms with van der Waals surface area (Å²) in [7, 11) is 0. The first-order chi connectivity index (χ1) is 11.5. The Morgan fingerprint density at radius 1 is 1.17 bits per heavy atom. The normalized spacial score (nSPS) is 18.0. The van der Waals surface area contributed by atoms with Crippen molar-refractivity contribution in [3.8, 4) is 0 Å². The van der Waals surface area contributed by atoms with E-state index in [9.17, 15) is 9.59 Å². The van der Waals surface area contributed by atoms with Gasteiger partial charge in [-0.3, -0.25) is 9.59 Å². The van der Waals surface area contributed by atoms with Crippen molar-refractivity contribution in [3.63, 3.8) is 0 Å². The minimum Gasteiger partial charge on any atom is -0.463 e. The van der Waals surface area contributed by atoms with Crippen LogP contribution >= 0.6 is 0 Å². The molecule has 1 aliphatic heterocycles. The average Bonchev–Trinajstić information content (AvgIpc) is 2.60. The number of amides is 1. The Balaban J connectivity index is 2.05. The first-order valence-electron chi connectivity index (χ1n) is 8.71. The van der Waals surface area contributed by atoms with Crippen LogP contribution in [0.1, 0.15) is 39.2 Å². The van der Waals surface area contributed by atoms with Crippen molar-refractivity contribution in [2.45, 2.75) is 45.1 Å². The van der Waals surface area contributed by atoms with Crippen molar-refractivity contribution in [3.05, 3.63) is 35.9 Å². The van der Waals surface area contributed by atoms with Gasteiger partial charge in [-0.15, -0.1) is 0 Å². The van der Waals surface area contributed by atoms with Crippen molar-refractivity contribution in [2.75, 3.05) is 19.6 Å². The summed E-state index contributed by atoms with van der Waals surface area (Å²) in [5, 5.41) is 6.29. The van der Waals surface area contributed by atoms with Gasteiger partial charge in [0.15, 0.2) is 0 Å². The standard InChI is InChI=1S/C19H28N2O3/c1-14(2)24-17(22)15(3)13-21-18(23)19(9-11-20-12-10-19)16-7-5-4-6-8-16/h4-8,14-15,20H,9-13H2,1-3H3,(H,21,23). The molecule has 1 aliphatic rings. The zero-order valence-electron chi connectivity index (χ0n) is 14.8. The number of benzene rings is 1. The fourth-order valence-electron chi connectivity index (χ4n) is 3.10. The molecule has 1 heterocycles. The Bertz CT molecular complexity index is 551. The molecule has 0 bridgehead atoms. The maximum Gasteiger partial charge on any atom is 0.310 e. The van der Waals surface area contributed by atoms with Crippen LogP contribution < -0.4 is 10.6 Å². The summed E-state index contributed by atoms with van der Waals surface area (Å²) in [6.45, 7) is 7.35. The number of hydrogen-bond acceptors (Lipinski definition) is 4. The van der Waals surface area contributed by atoms with Crippen LogP contribution in [0.2, 0.25) is 0 Å². The summed E-state index contributed by atoms with van der Waals surface area (Å²) in [6.07, 6.45) is 1.37. The highest BCUT2D eigenvalue weighted by Crippen LogP contribution is 2.33. The van der Waals surface area contributed by atoms with E-state index in [1.807, 2.05) is 44.2 Å². The van der Waals surface area contributed by atoms with Crippen molar-refractivity contribution < 1.29 is 14.3 Å². The molecular weight excluding hydrogens is 304 g/mol.